The van der Waals surface area contributed by atoms with Crippen LogP contribution in [0.3, 0.4) is 0 Å². The Labute approximate surface area is 119 Å². The van der Waals surface area contributed by atoms with E-state index in [1.54, 1.807) is 12.4 Å². The van der Waals surface area contributed by atoms with Crippen LogP contribution in [0.15, 0.2) is 42.7 Å². The molecule has 106 valence electrons. The Morgan fingerprint density at radius 2 is 1.80 bits per heavy atom. The van der Waals surface area contributed by atoms with Crippen LogP contribution in [0.4, 0.5) is 5.69 Å². The lowest BCUT2D eigenvalue weighted by molar-refractivity contribution is 0.149. The maximum atomic E-state index is 9.38. The minimum absolute atomic E-state index is 0.113. The van der Waals surface area contributed by atoms with Gasteiger partial charge in [-0.3, -0.25) is 0 Å². The van der Waals surface area contributed by atoms with Crippen molar-refractivity contribution in [3.8, 4) is 11.4 Å². The van der Waals surface area contributed by atoms with Gasteiger partial charge in [0.1, 0.15) is 0 Å². The maximum absolute atomic E-state index is 9.38. The summed E-state index contributed by atoms with van der Waals surface area (Å²) >= 11 is 0. The Balaban J connectivity index is 2.02. The van der Waals surface area contributed by atoms with Crippen molar-refractivity contribution in [2.45, 2.75) is 20.3 Å². The molecule has 0 saturated heterocycles. The van der Waals surface area contributed by atoms with Gasteiger partial charge in [-0.2, -0.15) is 0 Å². The van der Waals surface area contributed by atoms with Crippen LogP contribution < -0.4 is 5.32 Å². The van der Waals surface area contributed by atoms with Gasteiger partial charge >= 0.3 is 0 Å². The molecule has 2 rings (SSSR count). The predicted molar refractivity (Wildman–Crippen MR) is 81.4 cm³/mol. The van der Waals surface area contributed by atoms with Crippen molar-refractivity contribution in [2.75, 3.05) is 18.5 Å². The lowest BCUT2D eigenvalue weighted by Crippen LogP contribution is -2.29. The van der Waals surface area contributed by atoms with Gasteiger partial charge in [-0.05, 0) is 6.42 Å². The molecule has 4 heteroatoms. The first kappa shape index (κ1) is 14.5. The average molecular weight is 271 g/mol. The molecular weight excluding hydrogens is 250 g/mol. The minimum atomic E-state index is -0.113. The average Bonchev–Trinajstić information content (AvgIpc) is 2.54. The van der Waals surface area contributed by atoms with Gasteiger partial charge in [-0.1, -0.05) is 44.2 Å². The largest absolute Gasteiger partial charge is 0.396 e. The molecule has 0 bridgehead atoms. The van der Waals surface area contributed by atoms with Crippen LogP contribution in [0.25, 0.3) is 11.4 Å². The first-order valence-electron chi connectivity index (χ1n) is 6.89. The minimum Gasteiger partial charge on any atom is -0.396 e. The fourth-order valence-electron chi connectivity index (χ4n) is 1.76. The molecule has 0 radical (unpaired) electrons. The predicted octanol–water partition coefficient (Wildman–Crippen LogP) is 2.96. The van der Waals surface area contributed by atoms with Gasteiger partial charge in [0.2, 0.25) is 0 Å². The number of nitrogens with one attached hydrogen (secondary N) is 1. The molecule has 0 aliphatic rings. The van der Waals surface area contributed by atoms with Crippen molar-refractivity contribution in [3.05, 3.63) is 42.7 Å². The van der Waals surface area contributed by atoms with Crippen LogP contribution in [-0.4, -0.2) is 28.2 Å². The Morgan fingerprint density at radius 1 is 1.15 bits per heavy atom. The molecule has 1 unspecified atom stereocenters. The molecule has 2 aromatic rings. The van der Waals surface area contributed by atoms with E-state index in [-0.39, 0.29) is 12.0 Å². The van der Waals surface area contributed by atoms with Crippen LogP contribution in [0.2, 0.25) is 0 Å². The SMILES string of the molecule is CCC(C)(CO)CNc1cnc(-c2ccccc2)nc1. The second kappa shape index (κ2) is 6.48. The molecule has 0 amide bonds. The third-order valence-electron chi connectivity index (χ3n) is 3.64. The molecule has 4 nitrogen and oxygen atoms in total. The summed E-state index contributed by atoms with van der Waals surface area (Å²) in [6, 6.07) is 9.89. The zero-order valence-corrected chi connectivity index (χ0v) is 12.0. The van der Waals surface area contributed by atoms with E-state index in [1.807, 2.05) is 30.3 Å². The van der Waals surface area contributed by atoms with Gasteiger partial charge in [0.25, 0.3) is 0 Å². The van der Waals surface area contributed by atoms with E-state index in [1.165, 1.54) is 0 Å². The van der Waals surface area contributed by atoms with Crippen molar-refractivity contribution in [1.29, 1.82) is 0 Å². The summed E-state index contributed by atoms with van der Waals surface area (Å²) in [6.45, 7) is 5.00. The Kier molecular flexibility index (Phi) is 4.69. The molecule has 1 aromatic heterocycles. The van der Waals surface area contributed by atoms with Crippen molar-refractivity contribution in [3.63, 3.8) is 0 Å². The number of rotatable bonds is 6. The van der Waals surface area contributed by atoms with Crippen molar-refractivity contribution in [2.24, 2.45) is 5.41 Å². The molecule has 1 atom stereocenters. The van der Waals surface area contributed by atoms with E-state index in [2.05, 4.69) is 29.1 Å². The monoisotopic (exact) mass is 271 g/mol. The zero-order valence-electron chi connectivity index (χ0n) is 12.0. The highest BCUT2D eigenvalue weighted by atomic mass is 16.3. The number of hydrogen-bond acceptors (Lipinski definition) is 4. The van der Waals surface area contributed by atoms with Gasteiger partial charge in [0.15, 0.2) is 5.82 Å². The van der Waals surface area contributed by atoms with Gasteiger partial charge in [-0.15, -0.1) is 0 Å². The van der Waals surface area contributed by atoms with Crippen LogP contribution in [0.1, 0.15) is 20.3 Å². The molecule has 0 saturated carbocycles. The Hall–Kier alpha value is -1.94. The van der Waals surface area contributed by atoms with Crippen molar-refractivity contribution >= 4 is 5.69 Å². The van der Waals surface area contributed by atoms with Gasteiger partial charge in [0.05, 0.1) is 24.7 Å². The maximum Gasteiger partial charge on any atom is 0.159 e. The highest BCUT2D eigenvalue weighted by Gasteiger charge is 2.20. The van der Waals surface area contributed by atoms with E-state index in [4.69, 9.17) is 0 Å². The Morgan fingerprint density at radius 3 is 2.35 bits per heavy atom. The molecule has 0 fully saturated rings. The van der Waals surface area contributed by atoms with Gasteiger partial charge in [0, 0.05) is 17.5 Å². The van der Waals surface area contributed by atoms with Crippen LogP contribution in [0, 0.1) is 5.41 Å². The van der Waals surface area contributed by atoms with E-state index >= 15 is 0 Å². The number of hydrogen-bond donors (Lipinski definition) is 2. The smallest absolute Gasteiger partial charge is 0.159 e. The molecule has 1 heterocycles. The highest BCUT2D eigenvalue weighted by Crippen LogP contribution is 2.21. The van der Waals surface area contributed by atoms with E-state index in [0.29, 0.717) is 6.54 Å². The molecule has 1 aromatic carbocycles. The summed E-state index contributed by atoms with van der Waals surface area (Å²) in [7, 11) is 0. The summed E-state index contributed by atoms with van der Waals surface area (Å²) < 4.78 is 0. The Bertz CT molecular complexity index is 521. The number of anilines is 1. The third-order valence-corrected chi connectivity index (χ3v) is 3.64. The quantitative estimate of drug-likeness (QED) is 0.848. The molecular formula is C16H21N3O. The van der Waals surface area contributed by atoms with E-state index in [9.17, 15) is 5.11 Å². The third kappa shape index (κ3) is 3.54. The molecule has 0 spiro atoms. The summed E-state index contributed by atoms with van der Waals surface area (Å²) in [5.41, 5.74) is 1.77. The fraction of sp³-hybridized carbons (Fsp3) is 0.375. The number of aliphatic hydroxyl groups excluding tert-OH is 1. The van der Waals surface area contributed by atoms with Crippen molar-refractivity contribution < 1.29 is 5.11 Å². The van der Waals surface area contributed by atoms with E-state index in [0.717, 1.165) is 23.5 Å². The van der Waals surface area contributed by atoms with Crippen LogP contribution in [-0.2, 0) is 0 Å². The number of benzene rings is 1. The molecule has 20 heavy (non-hydrogen) atoms. The number of aliphatic hydroxyl groups is 1. The fourth-order valence-corrected chi connectivity index (χ4v) is 1.76. The highest BCUT2D eigenvalue weighted by molar-refractivity contribution is 5.55. The first-order valence-corrected chi connectivity index (χ1v) is 6.89. The molecule has 0 aliphatic heterocycles. The number of nitrogens with zero attached hydrogens (tertiary/aromatic N) is 2. The molecule has 2 N–H and O–H groups in total. The van der Waals surface area contributed by atoms with Gasteiger partial charge < -0.3 is 10.4 Å². The summed E-state index contributed by atoms with van der Waals surface area (Å²) in [5, 5.41) is 12.7. The lowest BCUT2D eigenvalue weighted by Gasteiger charge is -2.26. The van der Waals surface area contributed by atoms with Gasteiger partial charge in [-0.25, -0.2) is 9.97 Å². The summed E-state index contributed by atoms with van der Waals surface area (Å²) in [4.78, 5) is 8.73. The summed E-state index contributed by atoms with van der Waals surface area (Å²) in [6.07, 6.45) is 4.48. The zero-order chi connectivity index (χ0) is 14.4. The normalized spacial score (nSPS) is 13.8. The summed E-state index contributed by atoms with van der Waals surface area (Å²) in [5.74, 6) is 0.719. The van der Waals surface area contributed by atoms with Crippen LogP contribution in [0.5, 0.6) is 0 Å². The topological polar surface area (TPSA) is 58.0 Å². The first-order chi connectivity index (χ1) is 9.67. The second-order valence-corrected chi connectivity index (χ2v) is 5.34. The standard InChI is InChI=1S/C16H21N3O/c1-3-16(2,12-20)11-19-14-9-17-15(18-10-14)13-7-5-4-6-8-13/h4-10,19-20H,3,11-12H2,1-2H3. The second-order valence-electron chi connectivity index (χ2n) is 5.34. The number of aromatic nitrogens is 2. The molecule has 0 aliphatic carbocycles. The van der Waals surface area contributed by atoms with Crippen molar-refractivity contribution in [1.82, 2.24) is 9.97 Å². The van der Waals surface area contributed by atoms with Crippen LogP contribution >= 0.6 is 0 Å². The van der Waals surface area contributed by atoms with E-state index < -0.39 is 0 Å². The lowest BCUT2D eigenvalue weighted by atomic mass is 9.88.